The first kappa shape index (κ1) is 23.9. The lowest BCUT2D eigenvalue weighted by Gasteiger charge is -2.15. The normalized spacial score (nSPS) is 11.2. The van der Waals surface area contributed by atoms with E-state index in [2.05, 4.69) is 35.6 Å². The molecule has 10 nitrogen and oxygen atoms in total. The van der Waals surface area contributed by atoms with Gasteiger partial charge >= 0.3 is 5.92 Å². The number of rotatable bonds is 9. The Morgan fingerprint density at radius 2 is 1.88 bits per heavy atom. The van der Waals surface area contributed by atoms with Crippen LogP contribution in [0.1, 0.15) is 25.4 Å². The van der Waals surface area contributed by atoms with Gasteiger partial charge in [0.15, 0.2) is 0 Å². The molecule has 2 N–H and O–H groups in total. The van der Waals surface area contributed by atoms with Gasteiger partial charge in [-0.3, -0.25) is 4.79 Å². The molecule has 0 aromatic carbocycles. The molecule has 0 atom stereocenters. The van der Waals surface area contributed by atoms with Crippen molar-refractivity contribution in [1.82, 2.24) is 24.9 Å². The zero-order valence-corrected chi connectivity index (χ0v) is 18.5. The van der Waals surface area contributed by atoms with E-state index >= 15 is 0 Å². The predicted octanol–water partition coefficient (Wildman–Crippen LogP) is 3.48. The van der Waals surface area contributed by atoms with E-state index in [0.29, 0.717) is 41.7 Å². The molecular formula is C21H23F2N7O3. The molecule has 0 aliphatic carbocycles. The minimum absolute atomic E-state index is 0.144. The molecular weight excluding hydrogens is 436 g/mol. The first-order valence-corrected chi connectivity index (χ1v) is 9.88. The number of hydrogen-bond donors (Lipinski definition) is 2. The molecule has 0 aliphatic rings. The van der Waals surface area contributed by atoms with Crippen LogP contribution in [-0.4, -0.2) is 51.2 Å². The van der Waals surface area contributed by atoms with E-state index in [1.165, 1.54) is 25.5 Å². The Labute approximate surface area is 188 Å². The summed E-state index contributed by atoms with van der Waals surface area (Å²) in [6, 6.07) is 4.68. The number of alkyl halides is 2. The Balaban J connectivity index is 2.02. The Morgan fingerprint density at radius 3 is 2.58 bits per heavy atom. The van der Waals surface area contributed by atoms with Crippen LogP contribution in [0.3, 0.4) is 0 Å². The molecule has 1 amide bonds. The van der Waals surface area contributed by atoms with Crippen LogP contribution in [0.25, 0.3) is 11.3 Å². The third-order valence-corrected chi connectivity index (χ3v) is 4.17. The highest BCUT2D eigenvalue weighted by Crippen LogP contribution is 2.32. The van der Waals surface area contributed by atoms with Crippen LogP contribution in [0.15, 0.2) is 30.7 Å². The molecule has 0 bridgehead atoms. The van der Waals surface area contributed by atoms with Gasteiger partial charge in [-0.05, 0) is 6.92 Å². The number of anilines is 3. The van der Waals surface area contributed by atoms with Crippen LogP contribution in [-0.2, 0) is 15.5 Å². The summed E-state index contributed by atoms with van der Waals surface area (Å²) in [5, 5.41) is 5.60. The Hall–Kier alpha value is -3.80. The number of carbonyl (C=O) groups excluding carboxylic acids is 1. The summed E-state index contributed by atoms with van der Waals surface area (Å²) in [5.41, 5.74) is 1.73. The van der Waals surface area contributed by atoms with Crippen LogP contribution in [0, 0.1) is 6.92 Å². The average Bonchev–Trinajstić information content (AvgIpc) is 2.73. The fraction of sp³-hybridized carbons (Fsp3) is 0.333. The highest BCUT2D eigenvalue weighted by Gasteiger charge is 2.29. The molecule has 33 heavy (non-hydrogen) atoms. The number of halogens is 2. The maximum absolute atomic E-state index is 13.8. The Bertz CT molecular complexity index is 1140. The van der Waals surface area contributed by atoms with E-state index in [1.807, 2.05) is 0 Å². The number of carbonyl (C=O) groups is 1. The highest BCUT2D eigenvalue weighted by atomic mass is 19.3. The van der Waals surface area contributed by atoms with Gasteiger partial charge in [0.05, 0.1) is 18.0 Å². The Morgan fingerprint density at radius 1 is 1.09 bits per heavy atom. The third-order valence-electron chi connectivity index (χ3n) is 4.17. The third kappa shape index (κ3) is 6.59. The summed E-state index contributed by atoms with van der Waals surface area (Å²) in [7, 11) is 1.56. The van der Waals surface area contributed by atoms with Gasteiger partial charge in [0, 0.05) is 56.6 Å². The average molecular weight is 459 g/mol. The molecule has 3 aromatic rings. The van der Waals surface area contributed by atoms with Gasteiger partial charge in [-0.25, -0.2) is 24.9 Å². The van der Waals surface area contributed by atoms with Crippen LogP contribution in [0.2, 0.25) is 0 Å². The number of pyridine rings is 1. The van der Waals surface area contributed by atoms with Crippen LogP contribution >= 0.6 is 0 Å². The fourth-order valence-corrected chi connectivity index (χ4v) is 2.77. The first-order chi connectivity index (χ1) is 15.7. The van der Waals surface area contributed by atoms with E-state index in [1.54, 1.807) is 26.2 Å². The second-order valence-electron chi connectivity index (χ2n) is 7.11. The van der Waals surface area contributed by atoms with E-state index < -0.39 is 11.7 Å². The molecule has 0 saturated heterocycles. The van der Waals surface area contributed by atoms with Gasteiger partial charge in [-0.2, -0.15) is 8.78 Å². The number of ether oxygens (including phenoxy) is 2. The van der Waals surface area contributed by atoms with Gasteiger partial charge in [-0.15, -0.1) is 0 Å². The van der Waals surface area contributed by atoms with Crippen molar-refractivity contribution >= 4 is 23.2 Å². The number of methoxy groups -OCH3 is 1. The molecule has 0 aliphatic heterocycles. The monoisotopic (exact) mass is 459 g/mol. The van der Waals surface area contributed by atoms with E-state index in [0.717, 1.165) is 6.92 Å². The number of nitrogens with zero attached hydrogens (tertiary/aromatic N) is 5. The zero-order valence-electron chi connectivity index (χ0n) is 18.5. The summed E-state index contributed by atoms with van der Waals surface area (Å²) in [6.07, 6.45) is 2.81. The van der Waals surface area contributed by atoms with Crippen molar-refractivity contribution in [2.24, 2.45) is 0 Å². The lowest BCUT2D eigenvalue weighted by atomic mass is 10.1. The van der Waals surface area contributed by atoms with Gasteiger partial charge in [0.25, 0.3) is 0 Å². The molecule has 3 heterocycles. The Kier molecular flexibility index (Phi) is 7.38. The van der Waals surface area contributed by atoms with Crippen LogP contribution in [0.5, 0.6) is 5.88 Å². The van der Waals surface area contributed by atoms with Gasteiger partial charge < -0.3 is 20.1 Å². The molecule has 0 saturated carbocycles. The van der Waals surface area contributed by atoms with Crippen molar-refractivity contribution in [1.29, 1.82) is 0 Å². The molecule has 3 rings (SSSR count). The summed E-state index contributed by atoms with van der Waals surface area (Å²) in [6.45, 7) is 4.35. The summed E-state index contributed by atoms with van der Waals surface area (Å²) in [4.78, 5) is 31.8. The lowest BCUT2D eigenvalue weighted by Crippen LogP contribution is -2.14. The summed E-state index contributed by atoms with van der Waals surface area (Å²) < 4.78 is 38.2. The van der Waals surface area contributed by atoms with Gasteiger partial charge in [0.2, 0.25) is 17.6 Å². The molecule has 174 valence electrons. The maximum Gasteiger partial charge on any atom is 0.303 e. The van der Waals surface area contributed by atoms with E-state index in [-0.39, 0.29) is 17.5 Å². The summed E-state index contributed by atoms with van der Waals surface area (Å²) >= 11 is 0. The van der Waals surface area contributed by atoms with E-state index in [4.69, 9.17) is 9.47 Å². The lowest BCUT2D eigenvalue weighted by molar-refractivity contribution is -0.114. The molecule has 3 aromatic heterocycles. The second-order valence-corrected chi connectivity index (χ2v) is 7.11. The largest absolute Gasteiger partial charge is 0.475 e. The minimum atomic E-state index is -3.22. The number of hydrogen-bond acceptors (Lipinski definition) is 9. The van der Waals surface area contributed by atoms with Crippen molar-refractivity contribution in [3.63, 3.8) is 0 Å². The van der Waals surface area contributed by atoms with Crippen LogP contribution < -0.4 is 15.4 Å². The van der Waals surface area contributed by atoms with Crippen molar-refractivity contribution < 1.29 is 23.0 Å². The molecule has 12 heteroatoms. The number of amides is 1. The van der Waals surface area contributed by atoms with Crippen molar-refractivity contribution in [2.45, 2.75) is 26.7 Å². The standard InChI is InChI=1S/C21H23F2N7O3/c1-12-7-18(30-20(27-12)21(3,22)23)29-16-8-17(28-13(2)31)24-10-14(16)15-9-19(26-11-25-15)33-6-5-32-4/h7-11H,5-6H2,1-4H3,(H2,24,27,28,29,30,31). The highest BCUT2D eigenvalue weighted by molar-refractivity contribution is 5.89. The predicted molar refractivity (Wildman–Crippen MR) is 117 cm³/mol. The van der Waals surface area contributed by atoms with Crippen LogP contribution in [0.4, 0.5) is 26.1 Å². The minimum Gasteiger partial charge on any atom is -0.475 e. The number of nitrogens with one attached hydrogen (secondary N) is 2. The molecule has 0 radical (unpaired) electrons. The second kappa shape index (κ2) is 10.2. The van der Waals surface area contributed by atoms with Crippen molar-refractivity contribution in [3.05, 3.63) is 42.2 Å². The van der Waals surface area contributed by atoms with Gasteiger partial charge in [0.1, 0.15) is 24.6 Å². The first-order valence-electron chi connectivity index (χ1n) is 9.88. The maximum atomic E-state index is 13.8. The smallest absolute Gasteiger partial charge is 0.303 e. The molecule has 0 fully saturated rings. The number of aryl methyl sites for hydroxylation is 1. The molecule has 0 spiro atoms. The fourth-order valence-electron chi connectivity index (χ4n) is 2.77. The molecule has 0 unspecified atom stereocenters. The summed E-state index contributed by atoms with van der Waals surface area (Å²) in [5.74, 6) is -3.43. The topological polar surface area (TPSA) is 124 Å². The number of aromatic nitrogens is 5. The quantitative estimate of drug-likeness (QED) is 0.463. The SMILES string of the molecule is COCCOc1cc(-c2cnc(NC(C)=O)cc2Nc2cc(C)nc(C(C)(F)F)n2)ncn1. The van der Waals surface area contributed by atoms with Crippen molar-refractivity contribution in [2.75, 3.05) is 31.0 Å². The van der Waals surface area contributed by atoms with E-state index in [9.17, 15) is 13.6 Å². The zero-order chi connectivity index (χ0) is 24.0. The van der Waals surface area contributed by atoms with Crippen molar-refractivity contribution in [3.8, 4) is 17.1 Å². The van der Waals surface area contributed by atoms with Gasteiger partial charge in [-0.1, -0.05) is 0 Å².